The van der Waals surface area contributed by atoms with E-state index in [9.17, 15) is 9.59 Å². The summed E-state index contributed by atoms with van der Waals surface area (Å²) in [5.41, 5.74) is 1.57. The summed E-state index contributed by atoms with van der Waals surface area (Å²) < 4.78 is 5.69. The number of aryl methyl sites for hydroxylation is 1. The van der Waals surface area contributed by atoms with Gasteiger partial charge in [0.15, 0.2) is 0 Å². The van der Waals surface area contributed by atoms with Gasteiger partial charge in [0.1, 0.15) is 5.76 Å². The van der Waals surface area contributed by atoms with E-state index in [-0.39, 0.29) is 12.3 Å². The van der Waals surface area contributed by atoms with Gasteiger partial charge in [0, 0.05) is 31.7 Å². The van der Waals surface area contributed by atoms with Gasteiger partial charge in [-0.15, -0.1) is 0 Å². The van der Waals surface area contributed by atoms with Crippen molar-refractivity contribution in [3.63, 3.8) is 0 Å². The van der Waals surface area contributed by atoms with Crippen molar-refractivity contribution in [1.82, 2.24) is 14.8 Å². The Morgan fingerprint density at radius 1 is 1.22 bits per heavy atom. The van der Waals surface area contributed by atoms with Crippen LogP contribution in [0.1, 0.15) is 11.5 Å². The molecule has 2 heterocycles. The Bertz CT molecular complexity index is 688. The summed E-state index contributed by atoms with van der Waals surface area (Å²) in [5.74, 6) is 1.23. The van der Waals surface area contributed by atoms with Gasteiger partial charge in [0.25, 0.3) is 0 Å². The second-order valence-electron chi connectivity index (χ2n) is 5.59. The maximum absolute atomic E-state index is 12.4. The van der Waals surface area contributed by atoms with Crippen molar-refractivity contribution in [2.45, 2.75) is 13.3 Å². The van der Waals surface area contributed by atoms with Crippen molar-refractivity contribution in [3.8, 4) is 11.5 Å². The maximum atomic E-state index is 12.4. The minimum absolute atomic E-state index is 0.0200. The van der Waals surface area contributed by atoms with E-state index in [1.165, 1.54) is 0 Å². The number of hydrogen-bond donors (Lipinski definition) is 0. The molecule has 1 aromatic heterocycles. The number of benzene rings is 1. The van der Waals surface area contributed by atoms with Gasteiger partial charge in [-0.3, -0.25) is 9.59 Å². The van der Waals surface area contributed by atoms with Crippen molar-refractivity contribution >= 4 is 12.3 Å². The molecule has 0 saturated carbocycles. The molecule has 1 aliphatic heterocycles. The van der Waals surface area contributed by atoms with Crippen LogP contribution in [0.3, 0.4) is 0 Å². The number of hydrogen-bond acceptors (Lipinski definition) is 4. The lowest BCUT2D eigenvalue weighted by atomic mass is 10.2. The van der Waals surface area contributed by atoms with E-state index in [1.807, 2.05) is 37.3 Å². The van der Waals surface area contributed by atoms with E-state index in [0.717, 1.165) is 12.0 Å². The van der Waals surface area contributed by atoms with Crippen molar-refractivity contribution < 1.29 is 14.0 Å². The average molecular weight is 313 g/mol. The fourth-order valence-corrected chi connectivity index (χ4v) is 2.63. The monoisotopic (exact) mass is 313 g/mol. The molecule has 1 saturated heterocycles. The smallest absolute Gasteiger partial charge is 0.228 e. The molecule has 2 aromatic rings. The molecule has 0 N–H and O–H groups in total. The first-order valence-electron chi connectivity index (χ1n) is 7.66. The minimum Gasteiger partial charge on any atom is -0.441 e. The van der Waals surface area contributed by atoms with E-state index in [1.54, 1.807) is 9.80 Å². The van der Waals surface area contributed by atoms with Crippen LogP contribution in [0.4, 0.5) is 0 Å². The zero-order valence-electron chi connectivity index (χ0n) is 13.1. The molecule has 1 fully saturated rings. The molecule has 120 valence electrons. The van der Waals surface area contributed by atoms with E-state index >= 15 is 0 Å². The molecule has 0 unspecified atom stereocenters. The number of piperazine rings is 1. The Labute approximate surface area is 134 Å². The van der Waals surface area contributed by atoms with Gasteiger partial charge in [0.05, 0.1) is 12.1 Å². The number of carbonyl (C=O) groups is 2. The Kier molecular flexibility index (Phi) is 4.41. The fourth-order valence-electron chi connectivity index (χ4n) is 2.63. The van der Waals surface area contributed by atoms with Crippen LogP contribution in [0.2, 0.25) is 0 Å². The van der Waals surface area contributed by atoms with Gasteiger partial charge in [-0.2, -0.15) is 0 Å². The summed E-state index contributed by atoms with van der Waals surface area (Å²) in [6.07, 6.45) is 1.05. The van der Waals surface area contributed by atoms with Gasteiger partial charge in [-0.05, 0) is 19.1 Å². The molecule has 6 heteroatoms. The van der Waals surface area contributed by atoms with Gasteiger partial charge in [0.2, 0.25) is 18.2 Å². The van der Waals surface area contributed by atoms with Crippen molar-refractivity contribution in [2.75, 3.05) is 26.2 Å². The summed E-state index contributed by atoms with van der Waals surface area (Å²) in [6, 6.07) is 9.63. The molecule has 0 bridgehead atoms. The summed E-state index contributed by atoms with van der Waals surface area (Å²) in [4.78, 5) is 31.0. The van der Waals surface area contributed by atoms with Gasteiger partial charge in [-0.1, -0.05) is 18.2 Å². The molecule has 23 heavy (non-hydrogen) atoms. The Morgan fingerprint density at radius 3 is 2.57 bits per heavy atom. The third-order valence-corrected chi connectivity index (χ3v) is 4.05. The highest BCUT2D eigenvalue weighted by molar-refractivity contribution is 5.79. The van der Waals surface area contributed by atoms with Crippen LogP contribution < -0.4 is 0 Å². The van der Waals surface area contributed by atoms with E-state index in [4.69, 9.17) is 4.42 Å². The molecule has 1 aromatic carbocycles. The SMILES string of the molecule is Cc1oc(-c2ccccc2)nc1CC(=O)N1CCN(C=O)CC1. The van der Waals surface area contributed by atoms with Crippen molar-refractivity contribution in [1.29, 1.82) is 0 Å². The first kappa shape index (κ1) is 15.3. The summed E-state index contributed by atoms with van der Waals surface area (Å²) in [5, 5.41) is 0. The molecule has 0 spiro atoms. The largest absolute Gasteiger partial charge is 0.441 e. The first-order chi connectivity index (χ1) is 11.2. The van der Waals surface area contributed by atoms with Crippen LogP contribution in [0.25, 0.3) is 11.5 Å². The predicted octanol–water partition coefficient (Wildman–Crippen LogP) is 1.49. The lowest BCUT2D eigenvalue weighted by Gasteiger charge is -2.32. The zero-order valence-corrected chi connectivity index (χ0v) is 13.1. The van der Waals surface area contributed by atoms with Gasteiger partial charge >= 0.3 is 0 Å². The summed E-state index contributed by atoms with van der Waals surface area (Å²) in [6.45, 7) is 4.14. The van der Waals surface area contributed by atoms with Crippen LogP contribution in [-0.2, 0) is 16.0 Å². The highest BCUT2D eigenvalue weighted by Gasteiger charge is 2.22. The van der Waals surface area contributed by atoms with E-state index < -0.39 is 0 Å². The van der Waals surface area contributed by atoms with Crippen molar-refractivity contribution in [2.24, 2.45) is 0 Å². The number of aromatic nitrogens is 1. The van der Waals surface area contributed by atoms with Crippen molar-refractivity contribution in [3.05, 3.63) is 41.8 Å². The standard InChI is InChI=1S/C17H19N3O3/c1-13-15(18-17(23-13)14-5-3-2-4-6-14)11-16(22)20-9-7-19(12-21)8-10-20/h2-6,12H,7-11H2,1H3. The van der Waals surface area contributed by atoms with Crippen LogP contribution in [0.5, 0.6) is 0 Å². The number of nitrogens with zero attached hydrogens (tertiary/aromatic N) is 3. The molecule has 0 radical (unpaired) electrons. The van der Waals surface area contributed by atoms with Crippen LogP contribution in [0, 0.1) is 6.92 Å². The lowest BCUT2D eigenvalue weighted by Crippen LogP contribution is -2.48. The number of rotatable bonds is 4. The number of carbonyl (C=O) groups excluding carboxylic acids is 2. The number of oxazole rings is 1. The molecular formula is C17H19N3O3. The lowest BCUT2D eigenvalue weighted by molar-refractivity contribution is -0.134. The van der Waals surface area contributed by atoms with Gasteiger partial charge < -0.3 is 14.2 Å². The summed E-state index contributed by atoms with van der Waals surface area (Å²) in [7, 11) is 0. The number of amides is 2. The molecule has 2 amide bonds. The Morgan fingerprint density at radius 2 is 1.91 bits per heavy atom. The van der Waals surface area contributed by atoms with Crippen LogP contribution >= 0.6 is 0 Å². The highest BCUT2D eigenvalue weighted by Crippen LogP contribution is 2.22. The van der Waals surface area contributed by atoms with Crippen LogP contribution in [0.15, 0.2) is 34.7 Å². The second-order valence-corrected chi connectivity index (χ2v) is 5.59. The predicted molar refractivity (Wildman–Crippen MR) is 84.6 cm³/mol. The summed E-state index contributed by atoms with van der Waals surface area (Å²) >= 11 is 0. The maximum Gasteiger partial charge on any atom is 0.228 e. The molecule has 6 nitrogen and oxygen atoms in total. The molecule has 3 rings (SSSR count). The first-order valence-corrected chi connectivity index (χ1v) is 7.66. The Balaban J connectivity index is 1.67. The van der Waals surface area contributed by atoms with E-state index in [0.29, 0.717) is 43.5 Å². The van der Waals surface area contributed by atoms with Gasteiger partial charge in [-0.25, -0.2) is 4.98 Å². The fraction of sp³-hybridized carbons (Fsp3) is 0.353. The third-order valence-electron chi connectivity index (χ3n) is 4.05. The molecule has 1 aliphatic rings. The third kappa shape index (κ3) is 3.41. The second kappa shape index (κ2) is 6.64. The quantitative estimate of drug-likeness (QED) is 0.802. The molecular weight excluding hydrogens is 294 g/mol. The topological polar surface area (TPSA) is 66.7 Å². The highest BCUT2D eigenvalue weighted by atomic mass is 16.4. The average Bonchev–Trinajstić information content (AvgIpc) is 2.96. The minimum atomic E-state index is 0.0200. The molecule has 0 aliphatic carbocycles. The zero-order chi connectivity index (χ0) is 16.2. The molecule has 0 atom stereocenters. The van der Waals surface area contributed by atoms with Crippen LogP contribution in [-0.4, -0.2) is 53.3 Å². The van der Waals surface area contributed by atoms with E-state index in [2.05, 4.69) is 4.98 Å². The Hall–Kier alpha value is -2.63. The normalized spacial score (nSPS) is 14.8.